The van der Waals surface area contributed by atoms with Gasteiger partial charge < -0.3 is 15.1 Å². The van der Waals surface area contributed by atoms with E-state index in [2.05, 4.69) is 10.2 Å². The maximum atomic E-state index is 13.4. The highest BCUT2D eigenvalue weighted by Crippen LogP contribution is 2.40. The van der Waals surface area contributed by atoms with Crippen molar-refractivity contribution in [1.29, 1.82) is 0 Å². The van der Waals surface area contributed by atoms with Crippen LogP contribution in [0.5, 0.6) is 0 Å². The summed E-state index contributed by atoms with van der Waals surface area (Å²) in [4.78, 5) is 44.0. The van der Waals surface area contributed by atoms with Crippen LogP contribution in [0.1, 0.15) is 35.2 Å². The molecule has 8 heteroatoms. The molecule has 2 heterocycles. The number of carbonyl (C=O) groups excluding carboxylic acids is 3. The summed E-state index contributed by atoms with van der Waals surface area (Å²) in [6, 6.07) is 10.4. The minimum Gasteiger partial charge on any atom is -0.358 e. The van der Waals surface area contributed by atoms with Crippen LogP contribution in [0.3, 0.4) is 0 Å². The zero-order valence-electron chi connectivity index (χ0n) is 18.5. The van der Waals surface area contributed by atoms with Crippen LogP contribution in [-0.4, -0.2) is 55.8 Å². The molecule has 1 N–H and O–H groups in total. The fourth-order valence-electron chi connectivity index (χ4n) is 4.41. The summed E-state index contributed by atoms with van der Waals surface area (Å²) in [6.45, 7) is 2.52. The van der Waals surface area contributed by atoms with E-state index < -0.39 is 0 Å². The van der Waals surface area contributed by atoms with Gasteiger partial charge in [0.15, 0.2) is 0 Å². The highest BCUT2D eigenvalue weighted by atomic mass is 35.5. The fraction of sp³-hybridized carbons (Fsp3) is 0.375. The molecule has 32 heavy (non-hydrogen) atoms. The topological polar surface area (TPSA) is 73.0 Å². The Balaban J connectivity index is 1.67. The molecule has 2 aliphatic rings. The van der Waals surface area contributed by atoms with Gasteiger partial charge in [-0.2, -0.15) is 0 Å². The second kappa shape index (κ2) is 8.82. The summed E-state index contributed by atoms with van der Waals surface area (Å²) in [6.07, 6.45) is 2.74. The van der Waals surface area contributed by atoms with Gasteiger partial charge in [-0.3, -0.25) is 19.3 Å². The lowest BCUT2D eigenvalue weighted by atomic mass is 9.95. The Morgan fingerprint density at radius 2 is 1.91 bits per heavy atom. The SMILES string of the molecule is Cc1cc(Cl)ccc1NC(=O)CN1C(=O)[C@H]2CCCCN2c2ccc(C(=O)N(C)C)cc21. The molecule has 1 atom stereocenters. The smallest absolute Gasteiger partial charge is 0.253 e. The van der Waals surface area contributed by atoms with E-state index in [0.29, 0.717) is 22.0 Å². The van der Waals surface area contributed by atoms with Gasteiger partial charge >= 0.3 is 0 Å². The molecular formula is C24H27ClN4O3. The zero-order chi connectivity index (χ0) is 23.0. The molecule has 0 unspecified atom stereocenters. The maximum absolute atomic E-state index is 13.4. The minimum absolute atomic E-state index is 0.102. The highest BCUT2D eigenvalue weighted by Gasteiger charge is 2.40. The number of hydrogen-bond donors (Lipinski definition) is 1. The number of benzene rings is 2. The number of hydrogen-bond acceptors (Lipinski definition) is 4. The summed E-state index contributed by atoms with van der Waals surface area (Å²) >= 11 is 6.01. The Kier molecular flexibility index (Phi) is 6.11. The van der Waals surface area contributed by atoms with Crippen LogP contribution in [-0.2, 0) is 9.59 Å². The summed E-state index contributed by atoms with van der Waals surface area (Å²) in [5.74, 6) is -0.555. The molecular weight excluding hydrogens is 428 g/mol. The average molecular weight is 455 g/mol. The Labute approximate surface area is 192 Å². The van der Waals surface area contributed by atoms with Gasteiger partial charge in [-0.25, -0.2) is 0 Å². The van der Waals surface area contributed by atoms with Crippen LogP contribution in [0.2, 0.25) is 5.02 Å². The summed E-state index contributed by atoms with van der Waals surface area (Å²) in [5.41, 5.74) is 3.47. The van der Waals surface area contributed by atoms with E-state index in [1.165, 1.54) is 9.80 Å². The molecule has 3 amide bonds. The lowest BCUT2D eigenvalue weighted by Gasteiger charge is -2.45. The van der Waals surface area contributed by atoms with Crippen molar-refractivity contribution < 1.29 is 14.4 Å². The molecule has 1 fully saturated rings. The quantitative estimate of drug-likeness (QED) is 0.764. The van der Waals surface area contributed by atoms with E-state index in [9.17, 15) is 14.4 Å². The number of halogens is 1. The lowest BCUT2D eigenvalue weighted by molar-refractivity contribution is -0.123. The van der Waals surface area contributed by atoms with Crippen LogP contribution in [0.4, 0.5) is 17.1 Å². The number of nitrogens with one attached hydrogen (secondary N) is 1. The predicted octanol–water partition coefficient (Wildman–Crippen LogP) is 3.69. The van der Waals surface area contributed by atoms with E-state index in [4.69, 9.17) is 11.6 Å². The van der Waals surface area contributed by atoms with Crippen LogP contribution < -0.4 is 15.1 Å². The van der Waals surface area contributed by atoms with Crippen LogP contribution in [0.15, 0.2) is 36.4 Å². The number of amides is 3. The van der Waals surface area contributed by atoms with E-state index in [1.54, 1.807) is 44.4 Å². The van der Waals surface area contributed by atoms with Gasteiger partial charge in [-0.1, -0.05) is 11.6 Å². The largest absolute Gasteiger partial charge is 0.358 e. The number of rotatable bonds is 4. The molecule has 2 aromatic rings. The van der Waals surface area contributed by atoms with Crippen molar-refractivity contribution in [1.82, 2.24) is 4.90 Å². The first-order valence-electron chi connectivity index (χ1n) is 10.8. The first-order valence-corrected chi connectivity index (χ1v) is 11.1. The number of carbonyl (C=O) groups is 3. The number of fused-ring (bicyclic) bond motifs is 3. The van der Waals surface area contributed by atoms with Crippen molar-refractivity contribution in [3.8, 4) is 0 Å². The van der Waals surface area contributed by atoms with Crippen molar-refractivity contribution >= 4 is 46.4 Å². The monoisotopic (exact) mass is 454 g/mol. The zero-order valence-corrected chi connectivity index (χ0v) is 19.3. The number of nitrogens with zero attached hydrogens (tertiary/aromatic N) is 3. The summed E-state index contributed by atoms with van der Waals surface area (Å²) in [5, 5.41) is 3.48. The standard InChI is InChI=1S/C24H27ClN4O3/c1-15-12-17(25)8-9-18(15)26-22(30)14-29-21-13-16(23(31)27(2)3)7-10-19(21)28-11-5-4-6-20(28)24(29)32/h7-10,12-13,20H,4-6,11,14H2,1-3H3,(H,26,30)/t20-/m1/s1. The molecule has 0 bridgehead atoms. The molecule has 0 spiro atoms. The van der Waals surface area contributed by atoms with Crippen LogP contribution >= 0.6 is 11.6 Å². The molecule has 0 aromatic heterocycles. The van der Waals surface area contributed by atoms with Gasteiger partial charge in [0.1, 0.15) is 12.6 Å². The van der Waals surface area contributed by atoms with Gasteiger partial charge in [0, 0.05) is 36.9 Å². The Morgan fingerprint density at radius 1 is 1.12 bits per heavy atom. The summed E-state index contributed by atoms with van der Waals surface area (Å²) in [7, 11) is 3.38. The Bertz CT molecular complexity index is 1080. The summed E-state index contributed by atoms with van der Waals surface area (Å²) < 4.78 is 0. The number of anilines is 3. The van der Waals surface area contributed by atoms with Crippen LogP contribution in [0, 0.1) is 6.92 Å². The van der Waals surface area contributed by atoms with Crippen molar-refractivity contribution in [3.63, 3.8) is 0 Å². The molecule has 168 valence electrons. The van der Waals surface area contributed by atoms with Crippen molar-refractivity contribution in [2.24, 2.45) is 0 Å². The molecule has 0 aliphatic carbocycles. The molecule has 2 aromatic carbocycles. The fourth-order valence-corrected chi connectivity index (χ4v) is 4.64. The van der Waals surface area contributed by atoms with Crippen molar-refractivity contribution in [3.05, 3.63) is 52.5 Å². The van der Waals surface area contributed by atoms with E-state index in [-0.39, 0.29) is 30.3 Å². The van der Waals surface area contributed by atoms with Gasteiger partial charge in [0.2, 0.25) is 11.8 Å². The van der Waals surface area contributed by atoms with Gasteiger partial charge in [0.25, 0.3) is 5.91 Å². The van der Waals surface area contributed by atoms with Gasteiger partial charge in [-0.15, -0.1) is 0 Å². The molecule has 1 saturated heterocycles. The average Bonchev–Trinajstić information content (AvgIpc) is 2.77. The molecule has 0 saturated carbocycles. The third-order valence-corrected chi connectivity index (χ3v) is 6.28. The normalized spacial score (nSPS) is 17.5. The second-order valence-electron chi connectivity index (χ2n) is 8.54. The van der Waals surface area contributed by atoms with E-state index in [0.717, 1.165) is 37.1 Å². The molecule has 7 nitrogen and oxygen atoms in total. The molecule has 2 aliphatic heterocycles. The third-order valence-electron chi connectivity index (χ3n) is 6.05. The molecule has 0 radical (unpaired) electrons. The second-order valence-corrected chi connectivity index (χ2v) is 8.98. The molecule has 4 rings (SSSR count). The van der Waals surface area contributed by atoms with Crippen molar-refractivity contribution in [2.75, 3.05) is 42.3 Å². The van der Waals surface area contributed by atoms with E-state index in [1.807, 2.05) is 13.0 Å². The van der Waals surface area contributed by atoms with Crippen LogP contribution in [0.25, 0.3) is 0 Å². The van der Waals surface area contributed by atoms with Gasteiger partial charge in [0.05, 0.1) is 11.4 Å². The first kappa shape index (κ1) is 22.1. The highest BCUT2D eigenvalue weighted by molar-refractivity contribution is 6.30. The van der Waals surface area contributed by atoms with Gasteiger partial charge in [-0.05, 0) is 68.1 Å². The van der Waals surface area contributed by atoms with Crippen molar-refractivity contribution in [2.45, 2.75) is 32.2 Å². The number of aryl methyl sites for hydroxylation is 1. The Morgan fingerprint density at radius 3 is 2.62 bits per heavy atom. The Hall–Kier alpha value is -3.06. The van der Waals surface area contributed by atoms with E-state index >= 15 is 0 Å². The first-order chi connectivity index (χ1) is 15.3. The minimum atomic E-state index is -0.302. The number of piperidine rings is 1. The maximum Gasteiger partial charge on any atom is 0.253 e. The lowest BCUT2D eigenvalue weighted by Crippen LogP contribution is -2.56. The third kappa shape index (κ3) is 4.17. The predicted molar refractivity (Wildman–Crippen MR) is 127 cm³/mol.